The fraction of sp³-hybridized carbons (Fsp3) is 0.444. The Morgan fingerprint density at radius 1 is 1.17 bits per heavy atom. The number of benzene rings is 1. The van der Waals surface area contributed by atoms with E-state index in [1.807, 2.05) is 39.0 Å². The molecule has 0 bridgehead atoms. The van der Waals surface area contributed by atoms with Crippen LogP contribution in [-0.4, -0.2) is 30.6 Å². The first-order valence-electron chi connectivity index (χ1n) is 7.64. The van der Waals surface area contributed by atoms with Gasteiger partial charge in [0.25, 0.3) is 0 Å². The van der Waals surface area contributed by atoms with Crippen LogP contribution in [0.25, 0.3) is 10.8 Å². The van der Waals surface area contributed by atoms with Crippen LogP contribution in [0.4, 0.5) is 0 Å². The van der Waals surface area contributed by atoms with Gasteiger partial charge in [0.2, 0.25) is 5.91 Å². The quantitative estimate of drug-likeness (QED) is 0.921. The van der Waals surface area contributed by atoms with Gasteiger partial charge in [0.15, 0.2) is 11.5 Å². The maximum atomic E-state index is 12.0. The third kappa shape index (κ3) is 4.34. The van der Waals surface area contributed by atoms with Crippen molar-refractivity contribution in [3.8, 4) is 11.5 Å². The predicted octanol–water partition coefficient (Wildman–Crippen LogP) is 3.10. The van der Waals surface area contributed by atoms with Crippen molar-refractivity contribution in [3.63, 3.8) is 0 Å². The van der Waals surface area contributed by atoms with Crippen LogP contribution < -0.4 is 14.8 Å². The van der Waals surface area contributed by atoms with Gasteiger partial charge in [-0.25, -0.2) is 0 Å². The summed E-state index contributed by atoms with van der Waals surface area (Å²) in [5.74, 6) is 1.37. The number of nitrogens with one attached hydrogen (secondary N) is 1. The lowest BCUT2D eigenvalue weighted by molar-refractivity contribution is -0.122. The smallest absolute Gasteiger partial charge is 0.220 e. The first-order valence-corrected chi connectivity index (χ1v) is 7.64. The minimum Gasteiger partial charge on any atom is -0.493 e. The molecule has 0 aliphatic heterocycles. The fourth-order valence-corrected chi connectivity index (χ4v) is 2.47. The Balaban J connectivity index is 2.25. The van der Waals surface area contributed by atoms with E-state index in [2.05, 4.69) is 10.3 Å². The number of aromatic nitrogens is 1. The van der Waals surface area contributed by atoms with E-state index in [1.54, 1.807) is 20.4 Å². The number of pyridine rings is 1. The minimum atomic E-state index is -0.222. The monoisotopic (exact) mass is 316 g/mol. The van der Waals surface area contributed by atoms with Gasteiger partial charge in [-0.15, -0.1) is 0 Å². The lowest BCUT2D eigenvalue weighted by Gasteiger charge is -2.20. The van der Waals surface area contributed by atoms with E-state index < -0.39 is 0 Å². The molecular formula is C18H24N2O3. The van der Waals surface area contributed by atoms with Gasteiger partial charge >= 0.3 is 0 Å². The molecule has 0 aliphatic carbocycles. The number of aryl methyl sites for hydroxylation is 1. The Labute approximate surface area is 137 Å². The highest BCUT2D eigenvalue weighted by Gasteiger charge is 2.15. The first kappa shape index (κ1) is 17.1. The number of fused-ring (bicyclic) bond motifs is 1. The number of ether oxygens (including phenoxy) is 2. The first-order chi connectivity index (χ1) is 10.8. The standard InChI is InChI=1S/C18H24N2O3/c1-18(2,3)20-17(21)7-6-14-13-11-16(23-5)15(22-4)10-12(13)8-9-19-14/h8-11H,6-7H2,1-5H3,(H,20,21). The maximum Gasteiger partial charge on any atom is 0.220 e. The van der Waals surface area contributed by atoms with Gasteiger partial charge in [-0.2, -0.15) is 0 Å². The molecule has 23 heavy (non-hydrogen) atoms. The van der Waals surface area contributed by atoms with Crippen molar-refractivity contribution in [1.82, 2.24) is 10.3 Å². The third-order valence-corrected chi connectivity index (χ3v) is 3.45. The normalized spacial score (nSPS) is 11.3. The van der Waals surface area contributed by atoms with E-state index in [-0.39, 0.29) is 11.4 Å². The molecule has 0 unspecified atom stereocenters. The van der Waals surface area contributed by atoms with Crippen molar-refractivity contribution in [3.05, 3.63) is 30.1 Å². The van der Waals surface area contributed by atoms with E-state index in [4.69, 9.17) is 9.47 Å². The number of hydrogen-bond acceptors (Lipinski definition) is 4. The molecule has 0 fully saturated rings. The van der Waals surface area contributed by atoms with Crippen molar-refractivity contribution < 1.29 is 14.3 Å². The SMILES string of the molecule is COc1cc2ccnc(CCC(=O)NC(C)(C)C)c2cc1OC. The highest BCUT2D eigenvalue weighted by atomic mass is 16.5. The summed E-state index contributed by atoms with van der Waals surface area (Å²) in [6.07, 6.45) is 2.73. The Hall–Kier alpha value is -2.30. The molecule has 0 saturated carbocycles. The van der Waals surface area contributed by atoms with Crippen molar-refractivity contribution >= 4 is 16.7 Å². The summed E-state index contributed by atoms with van der Waals surface area (Å²) in [5, 5.41) is 4.96. The van der Waals surface area contributed by atoms with E-state index in [0.717, 1.165) is 16.5 Å². The average molecular weight is 316 g/mol. The molecule has 1 aromatic heterocycles. The highest BCUT2D eigenvalue weighted by molar-refractivity contribution is 5.88. The van der Waals surface area contributed by atoms with Crippen LogP contribution in [0.3, 0.4) is 0 Å². The molecule has 5 heteroatoms. The number of carbonyl (C=O) groups is 1. The summed E-state index contributed by atoms with van der Waals surface area (Å²) < 4.78 is 10.7. The predicted molar refractivity (Wildman–Crippen MR) is 91.1 cm³/mol. The van der Waals surface area contributed by atoms with Gasteiger partial charge in [-0.3, -0.25) is 9.78 Å². The van der Waals surface area contributed by atoms with Crippen molar-refractivity contribution in [2.75, 3.05) is 14.2 Å². The van der Waals surface area contributed by atoms with E-state index in [0.29, 0.717) is 24.3 Å². The molecule has 0 aliphatic rings. The fourth-order valence-electron chi connectivity index (χ4n) is 2.47. The van der Waals surface area contributed by atoms with Crippen LogP contribution in [0.1, 0.15) is 32.9 Å². The zero-order valence-corrected chi connectivity index (χ0v) is 14.4. The van der Waals surface area contributed by atoms with Crippen LogP contribution in [-0.2, 0) is 11.2 Å². The second kappa shape index (κ2) is 6.86. The van der Waals surface area contributed by atoms with Gasteiger partial charge in [-0.05, 0) is 50.8 Å². The van der Waals surface area contributed by atoms with Gasteiger partial charge in [0.1, 0.15) is 0 Å². The highest BCUT2D eigenvalue weighted by Crippen LogP contribution is 2.33. The summed E-state index contributed by atoms with van der Waals surface area (Å²) in [6, 6.07) is 5.77. The number of methoxy groups -OCH3 is 2. The number of hydrogen-bond donors (Lipinski definition) is 1. The lowest BCUT2D eigenvalue weighted by Crippen LogP contribution is -2.40. The summed E-state index contributed by atoms with van der Waals surface area (Å²) in [7, 11) is 3.22. The molecular weight excluding hydrogens is 292 g/mol. The number of rotatable bonds is 5. The Morgan fingerprint density at radius 2 is 1.83 bits per heavy atom. The summed E-state index contributed by atoms with van der Waals surface area (Å²) in [4.78, 5) is 16.4. The van der Waals surface area contributed by atoms with Crippen LogP contribution in [0.2, 0.25) is 0 Å². The molecule has 1 heterocycles. The summed E-state index contributed by atoms with van der Waals surface area (Å²) in [6.45, 7) is 5.91. The molecule has 5 nitrogen and oxygen atoms in total. The van der Waals surface area contributed by atoms with E-state index >= 15 is 0 Å². The average Bonchev–Trinajstić information content (AvgIpc) is 2.49. The zero-order chi connectivity index (χ0) is 17.0. The Morgan fingerprint density at radius 3 is 2.43 bits per heavy atom. The molecule has 2 aromatic rings. The Bertz CT molecular complexity index is 705. The van der Waals surface area contributed by atoms with Crippen LogP contribution in [0.15, 0.2) is 24.4 Å². The molecule has 1 aromatic carbocycles. The van der Waals surface area contributed by atoms with Crippen LogP contribution in [0, 0.1) is 0 Å². The lowest BCUT2D eigenvalue weighted by atomic mass is 10.0. The van der Waals surface area contributed by atoms with Crippen molar-refractivity contribution in [2.24, 2.45) is 0 Å². The van der Waals surface area contributed by atoms with E-state index in [9.17, 15) is 4.79 Å². The van der Waals surface area contributed by atoms with Crippen LogP contribution >= 0.6 is 0 Å². The van der Waals surface area contributed by atoms with Gasteiger partial charge in [0.05, 0.1) is 14.2 Å². The molecule has 0 saturated heterocycles. The maximum absolute atomic E-state index is 12.0. The molecule has 0 spiro atoms. The Kier molecular flexibility index (Phi) is 5.08. The van der Waals surface area contributed by atoms with Gasteiger partial charge in [0, 0.05) is 29.2 Å². The number of amides is 1. The minimum absolute atomic E-state index is 0.0248. The van der Waals surface area contributed by atoms with Crippen molar-refractivity contribution in [1.29, 1.82) is 0 Å². The summed E-state index contributed by atoms with van der Waals surface area (Å²) >= 11 is 0. The van der Waals surface area contributed by atoms with E-state index in [1.165, 1.54) is 0 Å². The molecule has 124 valence electrons. The molecule has 0 radical (unpaired) electrons. The molecule has 2 rings (SSSR count). The molecule has 1 amide bonds. The number of nitrogens with zero attached hydrogens (tertiary/aromatic N) is 1. The van der Waals surface area contributed by atoms with Crippen molar-refractivity contribution in [2.45, 2.75) is 39.2 Å². The van der Waals surface area contributed by atoms with Gasteiger partial charge < -0.3 is 14.8 Å². The van der Waals surface area contributed by atoms with Crippen LogP contribution in [0.5, 0.6) is 11.5 Å². The number of carbonyl (C=O) groups excluding carboxylic acids is 1. The topological polar surface area (TPSA) is 60.5 Å². The second-order valence-corrected chi connectivity index (χ2v) is 6.48. The third-order valence-electron chi connectivity index (χ3n) is 3.45. The molecule has 1 N–H and O–H groups in total. The molecule has 0 atom stereocenters. The van der Waals surface area contributed by atoms with Gasteiger partial charge in [-0.1, -0.05) is 0 Å². The summed E-state index contributed by atoms with van der Waals surface area (Å²) in [5.41, 5.74) is 0.660. The largest absolute Gasteiger partial charge is 0.493 e. The zero-order valence-electron chi connectivity index (χ0n) is 14.4. The second-order valence-electron chi connectivity index (χ2n) is 6.48.